The van der Waals surface area contributed by atoms with Crippen molar-refractivity contribution in [2.75, 3.05) is 18.8 Å². The minimum Gasteiger partial charge on any atom is -0.399 e. The first-order valence-electron chi connectivity index (χ1n) is 4.82. The van der Waals surface area contributed by atoms with Crippen molar-refractivity contribution in [3.63, 3.8) is 0 Å². The van der Waals surface area contributed by atoms with Crippen molar-refractivity contribution >= 4 is 5.69 Å². The Balaban J connectivity index is 0.000000288. The summed E-state index contributed by atoms with van der Waals surface area (Å²) in [7, 11) is 0. The molecule has 7 N–H and O–H groups in total. The van der Waals surface area contributed by atoms with E-state index < -0.39 is 0 Å². The standard InChI is InChI=1S/C7H10N2.C3H9N3/c8-5-6-1-3-7(9)4-2-6;4-2-1-3-6-5/h1-4H,5,8-9H2;5H,1-4H2. The number of nitrogens with two attached hydrogens (primary N) is 3. The van der Waals surface area contributed by atoms with Crippen LogP contribution in [-0.4, -0.2) is 13.1 Å². The van der Waals surface area contributed by atoms with Gasteiger partial charge >= 0.3 is 0 Å². The predicted octanol–water partition coefficient (Wildman–Crippen LogP) is 1.09. The lowest BCUT2D eigenvalue weighted by Crippen LogP contribution is -1.98. The molecule has 0 atom stereocenters. The van der Waals surface area contributed by atoms with Gasteiger partial charge in [0, 0.05) is 12.2 Å². The summed E-state index contributed by atoms with van der Waals surface area (Å²) in [6, 6.07) is 7.55. The molecule has 5 nitrogen and oxygen atoms in total. The number of nitrogens with one attached hydrogen (secondary N) is 1. The maximum absolute atomic E-state index is 6.28. The van der Waals surface area contributed by atoms with E-state index in [4.69, 9.17) is 22.7 Å². The highest BCUT2D eigenvalue weighted by molar-refractivity contribution is 5.39. The molecule has 0 radical (unpaired) electrons. The van der Waals surface area contributed by atoms with Gasteiger partial charge in [-0.05, 0) is 30.7 Å². The van der Waals surface area contributed by atoms with Crippen molar-refractivity contribution in [3.05, 3.63) is 29.8 Å². The first-order chi connectivity index (χ1) is 7.24. The van der Waals surface area contributed by atoms with E-state index in [1.54, 1.807) is 0 Å². The second kappa shape index (κ2) is 9.11. The summed E-state index contributed by atoms with van der Waals surface area (Å²) < 4.78 is 0. The van der Waals surface area contributed by atoms with Crippen LogP contribution in [0.5, 0.6) is 0 Å². The molecule has 0 bridgehead atoms. The van der Waals surface area contributed by atoms with E-state index in [2.05, 4.69) is 5.11 Å². The van der Waals surface area contributed by atoms with Crippen LogP contribution in [0.3, 0.4) is 0 Å². The maximum Gasteiger partial charge on any atom is 0.0608 e. The van der Waals surface area contributed by atoms with Crippen molar-refractivity contribution in [2.45, 2.75) is 13.0 Å². The van der Waals surface area contributed by atoms with Crippen molar-refractivity contribution < 1.29 is 0 Å². The molecule has 0 aromatic heterocycles. The highest BCUT2D eigenvalue weighted by Gasteiger charge is 1.85. The smallest absolute Gasteiger partial charge is 0.0608 e. The zero-order chi connectivity index (χ0) is 11.5. The average Bonchev–Trinajstić information content (AvgIpc) is 2.28. The largest absolute Gasteiger partial charge is 0.399 e. The second-order valence-corrected chi connectivity index (χ2v) is 2.97. The number of hydrogen-bond acceptors (Lipinski definition) is 5. The minimum atomic E-state index is 0.580. The number of nitrogens with zero attached hydrogens (tertiary/aromatic N) is 1. The molecule has 15 heavy (non-hydrogen) atoms. The number of hydrogen-bond donors (Lipinski definition) is 4. The summed E-state index contributed by atoms with van der Waals surface area (Å²) in [4.78, 5) is 0. The molecule has 0 aliphatic carbocycles. The maximum atomic E-state index is 6.28. The Labute approximate surface area is 90.2 Å². The predicted molar refractivity (Wildman–Crippen MR) is 62.4 cm³/mol. The highest BCUT2D eigenvalue weighted by atomic mass is 14.9. The number of rotatable bonds is 4. The lowest BCUT2D eigenvalue weighted by atomic mass is 10.2. The SMILES string of the molecule is N=NCCCN.NCc1ccc(N)cc1. The molecule has 84 valence electrons. The van der Waals surface area contributed by atoms with Gasteiger partial charge in [-0.3, -0.25) is 0 Å². The fraction of sp³-hybridized carbons (Fsp3) is 0.400. The molecule has 0 heterocycles. The van der Waals surface area contributed by atoms with Gasteiger partial charge in [0.25, 0.3) is 0 Å². The quantitative estimate of drug-likeness (QED) is 0.338. The Bertz CT molecular complexity index is 257. The molecule has 5 heteroatoms. The van der Waals surface area contributed by atoms with Crippen LogP contribution in [0.2, 0.25) is 0 Å². The minimum absolute atomic E-state index is 0.580. The summed E-state index contributed by atoms with van der Waals surface area (Å²) in [6.07, 6.45) is 0.837. The Hall–Kier alpha value is -1.46. The molecule has 0 spiro atoms. The molecule has 0 aliphatic heterocycles. The first-order valence-corrected chi connectivity index (χ1v) is 4.82. The van der Waals surface area contributed by atoms with Gasteiger partial charge in [0.05, 0.1) is 6.54 Å². The molecule has 0 aliphatic rings. The van der Waals surface area contributed by atoms with E-state index in [0.717, 1.165) is 17.7 Å². The summed E-state index contributed by atoms with van der Waals surface area (Å²) in [5.41, 5.74) is 24.0. The first kappa shape index (κ1) is 13.5. The second-order valence-electron chi connectivity index (χ2n) is 2.97. The van der Waals surface area contributed by atoms with E-state index in [1.807, 2.05) is 24.3 Å². The van der Waals surface area contributed by atoms with Crippen molar-refractivity contribution in [3.8, 4) is 0 Å². The van der Waals surface area contributed by atoms with E-state index in [-0.39, 0.29) is 0 Å². The van der Waals surface area contributed by atoms with E-state index in [0.29, 0.717) is 19.6 Å². The van der Waals surface area contributed by atoms with Crippen LogP contribution in [-0.2, 0) is 6.54 Å². The number of nitrogen functional groups attached to an aromatic ring is 1. The van der Waals surface area contributed by atoms with Crippen LogP contribution in [0.15, 0.2) is 29.4 Å². The van der Waals surface area contributed by atoms with Crippen molar-refractivity contribution in [1.29, 1.82) is 5.53 Å². The molecular weight excluding hydrogens is 190 g/mol. The Morgan fingerprint density at radius 3 is 2.07 bits per heavy atom. The Kier molecular flexibility index (Phi) is 8.22. The Morgan fingerprint density at radius 2 is 1.73 bits per heavy atom. The van der Waals surface area contributed by atoms with Gasteiger partial charge in [0.1, 0.15) is 0 Å². The zero-order valence-corrected chi connectivity index (χ0v) is 8.82. The van der Waals surface area contributed by atoms with Gasteiger partial charge in [-0.1, -0.05) is 12.1 Å². The molecule has 0 saturated carbocycles. The third kappa shape index (κ3) is 7.60. The number of benzene rings is 1. The van der Waals surface area contributed by atoms with Gasteiger partial charge in [-0.15, -0.1) is 0 Å². The number of anilines is 1. The van der Waals surface area contributed by atoms with Gasteiger partial charge < -0.3 is 17.2 Å². The summed E-state index contributed by atoms with van der Waals surface area (Å²) in [6.45, 7) is 1.80. The monoisotopic (exact) mass is 209 g/mol. The molecule has 1 aromatic rings. The van der Waals surface area contributed by atoms with E-state index in [1.165, 1.54) is 0 Å². The normalized spacial score (nSPS) is 8.93. The van der Waals surface area contributed by atoms with Crippen molar-refractivity contribution in [1.82, 2.24) is 0 Å². The van der Waals surface area contributed by atoms with Crippen LogP contribution in [0.1, 0.15) is 12.0 Å². The van der Waals surface area contributed by atoms with Crippen LogP contribution < -0.4 is 17.2 Å². The molecule has 0 fully saturated rings. The highest BCUT2D eigenvalue weighted by Crippen LogP contribution is 2.03. The van der Waals surface area contributed by atoms with E-state index >= 15 is 0 Å². The van der Waals surface area contributed by atoms with Crippen LogP contribution in [0.25, 0.3) is 0 Å². The lowest BCUT2D eigenvalue weighted by Gasteiger charge is -1.94. The average molecular weight is 209 g/mol. The molecular formula is C10H19N5. The third-order valence-electron chi connectivity index (χ3n) is 1.69. The molecule has 0 saturated heterocycles. The molecule has 1 aromatic carbocycles. The van der Waals surface area contributed by atoms with Gasteiger partial charge in [0.2, 0.25) is 0 Å². The summed E-state index contributed by atoms with van der Waals surface area (Å²) in [5.74, 6) is 0. The summed E-state index contributed by atoms with van der Waals surface area (Å²) >= 11 is 0. The van der Waals surface area contributed by atoms with E-state index in [9.17, 15) is 0 Å². The van der Waals surface area contributed by atoms with Crippen molar-refractivity contribution in [2.24, 2.45) is 16.6 Å². The third-order valence-corrected chi connectivity index (χ3v) is 1.69. The molecule has 0 unspecified atom stereocenters. The van der Waals surface area contributed by atoms with Crippen LogP contribution >= 0.6 is 0 Å². The Morgan fingerprint density at radius 1 is 1.13 bits per heavy atom. The van der Waals surface area contributed by atoms with Crippen LogP contribution in [0.4, 0.5) is 5.69 Å². The molecule has 1 rings (SSSR count). The van der Waals surface area contributed by atoms with Gasteiger partial charge in [0.15, 0.2) is 0 Å². The van der Waals surface area contributed by atoms with Gasteiger partial charge in [-0.2, -0.15) is 5.11 Å². The van der Waals surface area contributed by atoms with Crippen LogP contribution in [0, 0.1) is 5.53 Å². The van der Waals surface area contributed by atoms with Gasteiger partial charge in [-0.25, -0.2) is 5.53 Å². The summed E-state index contributed by atoms with van der Waals surface area (Å²) in [5, 5.41) is 3.10. The lowest BCUT2D eigenvalue weighted by molar-refractivity contribution is 0.791. The fourth-order valence-electron chi connectivity index (χ4n) is 0.824. The zero-order valence-electron chi connectivity index (χ0n) is 8.82. The topological polar surface area (TPSA) is 114 Å². The fourth-order valence-corrected chi connectivity index (χ4v) is 0.824. The molecule has 0 amide bonds.